The molecule has 1 heterocycles. The molecule has 0 amide bonds. The summed E-state index contributed by atoms with van der Waals surface area (Å²) in [5.41, 5.74) is 3.54. The molecule has 0 N–H and O–H groups in total. The van der Waals surface area contributed by atoms with Crippen LogP contribution in [0, 0.1) is 6.92 Å². The second kappa shape index (κ2) is 6.50. The van der Waals surface area contributed by atoms with Crippen LogP contribution in [0.1, 0.15) is 18.1 Å². The predicted octanol–water partition coefficient (Wildman–Crippen LogP) is 4.55. The van der Waals surface area contributed by atoms with E-state index in [-0.39, 0.29) is 5.78 Å². The third-order valence-electron chi connectivity index (χ3n) is 3.73. The first-order valence-electron chi connectivity index (χ1n) is 7.48. The molecule has 0 atom stereocenters. The zero-order valence-electron chi connectivity index (χ0n) is 13.5. The van der Waals surface area contributed by atoms with Crippen molar-refractivity contribution in [3.05, 3.63) is 64.7 Å². The number of ether oxygens (including phenoxy) is 1. The zero-order valence-corrected chi connectivity index (χ0v) is 14.3. The topological polar surface area (TPSA) is 29.5 Å². The number of aryl methyl sites for hydroxylation is 1. The van der Waals surface area contributed by atoms with Crippen molar-refractivity contribution in [2.24, 2.45) is 0 Å². The highest BCUT2D eigenvalue weighted by Gasteiger charge is 2.26. The van der Waals surface area contributed by atoms with Crippen molar-refractivity contribution in [2.75, 3.05) is 12.0 Å². The van der Waals surface area contributed by atoms with Gasteiger partial charge in [-0.3, -0.25) is 4.79 Å². The van der Waals surface area contributed by atoms with E-state index in [0.29, 0.717) is 0 Å². The minimum atomic E-state index is 0.0566. The zero-order chi connectivity index (χ0) is 16.4. The first-order chi connectivity index (χ1) is 11.1. The minimum absolute atomic E-state index is 0.0566. The molecule has 1 aliphatic rings. The maximum atomic E-state index is 11.6. The summed E-state index contributed by atoms with van der Waals surface area (Å²) in [6.07, 6.45) is 1.70. The Morgan fingerprint density at radius 2 is 1.96 bits per heavy atom. The number of methoxy groups -OCH3 is 1. The molecule has 0 bridgehead atoms. The van der Waals surface area contributed by atoms with Crippen molar-refractivity contribution in [2.45, 2.75) is 25.3 Å². The second-order valence-electron chi connectivity index (χ2n) is 5.60. The van der Waals surface area contributed by atoms with E-state index < -0.39 is 0 Å². The molecule has 118 valence electrons. The third-order valence-corrected chi connectivity index (χ3v) is 4.84. The van der Waals surface area contributed by atoms with E-state index in [2.05, 4.69) is 36.1 Å². The van der Waals surface area contributed by atoms with Crippen molar-refractivity contribution in [3.63, 3.8) is 0 Å². The normalized spacial score (nSPS) is 14.9. The Kier molecular flexibility index (Phi) is 4.44. The Labute approximate surface area is 141 Å². The number of nitrogens with zero attached hydrogens (tertiary/aromatic N) is 1. The number of hydrogen-bond donors (Lipinski definition) is 0. The summed E-state index contributed by atoms with van der Waals surface area (Å²) in [6, 6.07) is 14.5. The largest absolute Gasteiger partial charge is 0.497 e. The number of anilines is 1. The van der Waals surface area contributed by atoms with E-state index in [9.17, 15) is 4.79 Å². The van der Waals surface area contributed by atoms with Crippen LogP contribution in [0.25, 0.3) is 0 Å². The molecule has 23 heavy (non-hydrogen) atoms. The Balaban J connectivity index is 1.99. The molecule has 0 saturated carbocycles. The number of hydrogen-bond acceptors (Lipinski definition) is 4. The molecule has 2 aromatic carbocycles. The standard InChI is InChI=1S/C19H19NO2S/c1-13-4-6-15(7-5-13)12-20-17-11-16(22-3)8-9-18(17)23-19(20)10-14(2)21/h4-11H,12H2,1-3H3/b19-10-. The van der Waals surface area contributed by atoms with Gasteiger partial charge in [0.1, 0.15) is 5.75 Å². The van der Waals surface area contributed by atoms with Crippen LogP contribution in [0.3, 0.4) is 0 Å². The number of carbonyl (C=O) groups is 1. The summed E-state index contributed by atoms with van der Waals surface area (Å²) >= 11 is 1.62. The smallest absolute Gasteiger partial charge is 0.155 e. The third kappa shape index (κ3) is 3.42. The number of fused-ring (bicyclic) bond motifs is 1. The van der Waals surface area contributed by atoms with Crippen LogP contribution in [0.5, 0.6) is 5.75 Å². The lowest BCUT2D eigenvalue weighted by molar-refractivity contribution is -0.112. The Morgan fingerprint density at radius 3 is 2.61 bits per heavy atom. The maximum absolute atomic E-state index is 11.6. The average molecular weight is 325 g/mol. The van der Waals surface area contributed by atoms with Crippen LogP contribution in [-0.4, -0.2) is 12.9 Å². The van der Waals surface area contributed by atoms with Gasteiger partial charge in [-0.15, -0.1) is 0 Å². The van der Waals surface area contributed by atoms with Gasteiger partial charge in [0, 0.05) is 23.6 Å². The number of rotatable bonds is 4. The monoisotopic (exact) mass is 325 g/mol. The minimum Gasteiger partial charge on any atom is -0.497 e. The average Bonchev–Trinajstić information content (AvgIpc) is 2.85. The fourth-order valence-corrected chi connectivity index (χ4v) is 3.66. The van der Waals surface area contributed by atoms with Gasteiger partial charge in [0.25, 0.3) is 0 Å². The van der Waals surface area contributed by atoms with Gasteiger partial charge in [-0.05, 0) is 31.5 Å². The summed E-state index contributed by atoms with van der Waals surface area (Å²) in [5.74, 6) is 0.878. The molecule has 0 saturated heterocycles. The number of carbonyl (C=O) groups excluding carboxylic acids is 1. The van der Waals surface area contributed by atoms with Gasteiger partial charge in [-0.1, -0.05) is 41.6 Å². The fraction of sp³-hybridized carbons (Fsp3) is 0.211. The molecule has 0 spiro atoms. The maximum Gasteiger partial charge on any atom is 0.155 e. The van der Waals surface area contributed by atoms with Crippen molar-refractivity contribution < 1.29 is 9.53 Å². The number of thioether (sulfide) groups is 1. The Bertz CT molecular complexity index is 765. The van der Waals surface area contributed by atoms with Gasteiger partial charge in [-0.2, -0.15) is 0 Å². The van der Waals surface area contributed by atoms with Crippen LogP contribution >= 0.6 is 11.8 Å². The van der Waals surface area contributed by atoms with Crippen LogP contribution in [0.4, 0.5) is 5.69 Å². The molecule has 0 aromatic heterocycles. The lowest BCUT2D eigenvalue weighted by atomic mass is 10.1. The molecular formula is C19H19NO2S. The number of allylic oxidation sites excluding steroid dienone is 1. The molecule has 4 heteroatoms. The molecule has 2 aromatic rings. The summed E-state index contributed by atoms with van der Waals surface area (Å²) < 4.78 is 5.35. The van der Waals surface area contributed by atoms with Gasteiger partial charge >= 0.3 is 0 Å². The van der Waals surface area contributed by atoms with Gasteiger partial charge in [-0.25, -0.2) is 0 Å². The summed E-state index contributed by atoms with van der Waals surface area (Å²) in [6.45, 7) is 4.39. The first-order valence-corrected chi connectivity index (χ1v) is 8.29. The highest BCUT2D eigenvalue weighted by Crippen LogP contribution is 2.48. The van der Waals surface area contributed by atoms with E-state index in [1.54, 1.807) is 31.9 Å². The molecule has 0 radical (unpaired) electrons. The van der Waals surface area contributed by atoms with Crippen LogP contribution in [0.2, 0.25) is 0 Å². The van der Waals surface area contributed by atoms with Gasteiger partial charge in [0.05, 0.1) is 17.8 Å². The fourth-order valence-electron chi connectivity index (χ4n) is 2.53. The summed E-state index contributed by atoms with van der Waals surface area (Å²) in [4.78, 5) is 14.9. The van der Waals surface area contributed by atoms with Crippen LogP contribution in [-0.2, 0) is 11.3 Å². The molecule has 0 unspecified atom stereocenters. The second-order valence-corrected chi connectivity index (χ2v) is 6.66. The van der Waals surface area contributed by atoms with E-state index in [4.69, 9.17) is 4.74 Å². The van der Waals surface area contributed by atoms with Crippen molar-refractivity contribution in [1.29, 1.82) is 0 Å². The lowest BCUT2D eigenvalue weighted by Crippen LogP contribution is -2.17. The van der Waals surface area contributed by atoms with E-state index in [1.807, 2.05) is 18.2 Å². The van der Waals surface area contributed by atoms with E-state index >= 15 is 0 Å². The van der Waals surface area contributed by atoms with Crippen molar-refractivity contribution in [3.8, 4) is 5.75 Å². The van der Waals surface area contributed by atoms with E-state index in [0.717, 1.165) is 27.9 Å². The number of ketones is 1. The predicted molar refractivity (Wildman–Crippen MR) is 95.0 cm³/mol. The quantitative estimate of drug-likeness (QED) is 0.772. The molecule has 3 nitrogen and oxygen atoms in total. The molecule has 0 fully saturated rings. The van der Waals surface area contributed by atoms with Gasteiger partial charge < -0.3 is 9.64 Å². The van der Waals surface area contributed by atoms with Crippen LogP contribution < -0.4 is 9.64 Å². The van der Waals surface area contributed by atoms with E-state index in [1.165, 1.54) is 11.1 Å². The highest BCUT2D eigenvalue weighted by molar-refractivity contribution is 8.03. The Hall–Kier alpha value is -2.20. The molecule has 1 aliphatic heterocycles. The molecule has 3 rings (SSSR count). The lowest BCUT2D eigenvalue weighted by Gasteiger charge is -2.21. The van der Waals surface area contributed by atoms with Gasteiger partial charge in [0.2, 0.25) is 0 Å². The van der Waals surface area contributed by atoms with Gasteiger partial charge in [0.15, 0.2) is 5.78 Å². The summed E-state index contributed by atoms with van der Waals surface area (Å²) in [7, 11) is 1.67. The summed E-state index contributed by atoms with van der Waals surface area (Å²) in [5, 5.41) is 0.960. The Morgan fingerprint density at radius 1 is 1.22 bits per heavy atom. The molecular weight excluding hydrogens is 306 g/mol. The number of benzene rings is 2. The SMILES string of the molecule is COc1ccc2c(c1)N(Cc1ccc(C)cc1)/C(=C/C(C)=O)S2. The highest BCUT2D eigenvalue weighted by atomic mass is 32.2. The first kappa shape index (κ1) is 15.7. The van der Waals surface area contributed by atoms with Crippen molar-refractivity contribution in [1.82, 2.24) is 0 Å². The van der Waals surface area contributed by atoms with Crippen LogP contribution in [0.15, 0.2) is 58.5 Å². The molecule has 0 aliphatic carbocycles. The van der Waals surface area contributed by atoms with Crippen molar-refractivity contribution >= 4 is 23.2 Å².